The Morgan fingerprint density at radius 3 is 2.79 bits per heavy atom. The predicted octanol–water partition coefficient (Wildman–Crippen LogP) is 3.80. The van der Waals surface area contributed by atoms with Crippen molar-refractivity contribution in [2.45, 2.75) is 25.9 Å². The molecule has 1 fully saturated rings. The Morgan fingerprint density at radius 2 is 2.07 bits per heavy atom. The molecule has 0 bridgehead atoms. The number of ether oxygens (including phenoxy) is 1. The number of aromatic nitrogens is 1. The zero-order chi connectivity index (χ0) is 19.1. The van der Waals surface area contributed by atoms with Gasteiger partial charge >= 0.3 is 0 Å². The first kappa shape index (κ1) is 22.7. The average Bonchev–Trinajstić information content (AvgIpc) is 3.15. The van der Waals surface area contributed by atoms with Gasteiger partial charge in [-0.15, -0.1) is 24.0 Å². The smallest absolute Gasteiger partial charge is 0.213 e. The molecule has 8 heteroatoms. The van der Waals surface area contributed by atoms with Crippen LogP contribution in [0.4, 0.5) is 5.69 Å². The summed E-state index contributed by atoms with van der Waals surface area (Å²) in [5.41, 5.74) is 2.14. The van der Waals surface area contributed by atoms with E-state index in [-0.39, 0.29) is 24.0 Å². The van der Waals surface area contributed by atoms with Crippen LogP contribution in [0.2, 0.25) is 0 Å². The van der Waals surface area contributed by atoms with E-state index in [0.29, 0.717) is 18.5 Å². The Morgan fingerprint density at radius 1 is 1.29 bits per heavy atom. The number of pyridine rings is 1. The van der Waals surface area contributed by atoms with Crippen LogP contribution in [0.5, 0.6) is 5.88 Å². The van der Waals surface area contributed by atoms with Crippen molar-refractivity contribution in [2.24, 2.45) is 4.99 Å². The summed E-state index contributed by atoms with van der Waals surface area (Å²) in [6.45, 7) is 5.40. The molecule has 0 amide bonds. The molecular weight excluding hydrogens is 533 g/mol. The number of benzene rings is 1. The van der Waals surface area contributed by atoms with E-state index in [0.717, 1.165) is 42.2 Å². The molecule has 0 saturated carbocycles. The summed E-state index contributed by atoms with van der Waals surface area (Å²) < 4.78 is 6.28. The summed E-state index contributed by atoms with van der Waals surface area (Å²) in [5, 5.41) is 6.88. The topological polar surface area (TPSA) is 61.8 Å². The van der Waals surface area contributed by atoms with Crippen LogP contribution in [0.25, 0.3) is 0 Å². The lowest BCUT2D eigenvalue weighted by molar-refractivity contribution is 0.396. The Bertz CT molecular complexity index is 771. The number of guanidine groups is 1. The summed E-state index contributed by atoms with van der Waals surface area (Å²) >= 11 is 3.49. The summed E-state index contributed by atoms with van der Waals surface area (Å²) in [5.74, 6) is 1.44. The molecule has 2 N–H and O–H groups in total. The van der Waals surface area contributed by atoms with Crippen LogP contribution >= 0.6 is 39.9 Å². The van der Waals surface area contributed by atoms with Crippen molar-refractivity contribution in [3.63, 3.8) is 0 Å². The molecule has 1 saturated heterocycles. The second-order valence-corrected chi connectivity index (χ2v) is 7.33. The third-order valence-corrected chi connectivity index (χ3v) is 4.98. The Labute approximate surface area is 192 Å². The second-order valence-electron chi connectivity index (χ2n) is 6.42. The fraction of sp³-hybridized carbons (Fsp3) is 0.400. The maximum atomic E-state index is 5.18. The maximum Gasteiger partial charge on any atom is 0.213 e. The molecule has 152 valence electrons. The van der Waals surface area contributed by atoms with Gasteiger partial charge in [0, 0.05) is 41.9 Å². The molecule has 1 aliphatic rings. The maximum absolute atomic E-state index is 5.18. The molecule has 2 aromatic rings. The molecule has 0 radical (unpaired) electrons. The number of hydrogen-bond donors (Lipinski definition) is 2. The quantitative estimate of drug-likeness (QED) is 0.320. The molecule has 1 aliphatic heterocycles. The van der Waals surface area contributed by atoms with E-state index in [1.54, 1.807) is 7.11 Å². The van der Waals surface area contributed by atoms with E-state index < -0.39 is 0 Å². The van der Waals surface area contributed by atoms with Crippen LogP contribution in [-0.2, 0) is 6.54 Å². The third kappa shape index (κ3) is 6.51. The molecule has 2 heterocycles. The van der Waals surface area contributed by atoms with Crippen LogP contribution < -0.4 is 20.3 Å². The Hall–Kier alpha value is -1.55. The number of hydrogen-bond acceptors (Lipinski definition) is 4. The molecule has 1 aromatic heterocycles. The van der Waals surface area contributed by atoms with Crippen molar-refractivity contribution in [1.82, 2.24) is 15.6 Å². The monoisotopic (exact) mass is 559 g/mol. The molecule has 28 heavy (non-hydrogen) atoms. The molecule has 3 rings (SSSR count). The van der Waals surface area contributed by atoms with Gasteiger partial charge in [-0.25, -0.2) is 9.98 Å². The molecule has 6 nitrogen and oxygen atoms in total. The summed E-state index contributed by atoms with van der Waals surface area (Å²) in [7, 11) is 1.62. The molecular formula is C20H27BrIN5O. The summed E-state index contributed by atoms with van der Waals surface area (Å²) in [4.78, 5) is 11.5. The van der Waals surface area contributed by atoms with E-state index in [4.69, 9.17) is 4.74 Å². The van der Waals surface area contributed by atoms with E-state index >= 15 is 0 Å². The van der Waals surface area contributed by atoms with Crippen LogP contribution in [0.3, 0.4) is 0 Å². The third-order valence-electron chi connectivity index (χ3n) is 4.45. The van der Waals surface area contributed by atoms with E-state index in [1.165, 1.54) is 5.69 Å². The number of methoxy groups -OCH3 is 1. The molecule has 0 aliphatic carbocycles. The van der Waals surface area contributed by atoms with Crippen molar-refractivity contribution >= 4 is 51.6 Å². The van der Waals surface area contributed by atoms with Crippen molar-refractivity contribution in [2.75, 3.05) is 31.6 Å². The first-order valence-corrected chi connectivity index (χ1v) is 10.0. The summed E-state index contributed by atoms with van der Waals surface area (Å²) in [6.07, 6.45) is 1.08. The van der Waals surface area contributed by atoms with Gasteiger partial charge in [0.15, 0.2) is 5.96 Å². The predicted molar refractivity (Wildman–Crippen MR) is 129 cm³/mol. The lowest BCUT2D eigenvalue weighted by Crippen LogP contribution is -2.44. The average molecular weight is 560 g/mol. The number of nitrogens with one attached hydrogen (secondary N) is 2. The lowest BCUT2D eigenvalue weighted by Gasteiger charge is -2.20. The van der Waals surface area contributed by atoms with Gasteiger partial charge in [-0.2, -0.15) is 0 Å². The number of nitrogens with zero attached hydrogens (tertiary/aromatic N) is 3. The minimum atomic E-state index is 0. The highest BCUT2D eigenvalue weighted by Crippen LogP contribution is 2.22. The van der Waals surface area contributed by atoms with Gasteiger partial charge in [-0.05, 0) is 43.7 Å². The fourth-order valence-electron chi connectivity index (χ4n) is 3.10. The van der Waals surface area contributed by atoms with Gasteiger partial charge in [-0.3, -0.25) is 0 Å². The van der Waals surface area contributed by atoms with Crippen molar-refractivity contribution in [3.8, 4) is 5.88 Å². The first-order chi connectivity index (χ1) is 13.2. The van der Waals surface area contributed by atoms with Gasteiger partial charge in [0.1, 0.15) is 0 Å². The van der Waals surface area contributed by atoms with Crippen LogP contribution in [0.15, 0.2) is 51.9 Å². The molecule has 0 spiro atoms. The number of rotatable bonds is 6. The van der Waals surface area contributed by atoms with Crippen molar-refractivity contribution in [1.29, 1.82) is 0 Å². The Balaban J connectivity index is 0.00000280. The van der Waals surface area contributed by atoms with Crippen molar-refractivity contribution in [3.05, 3.63) is 52.6 Å². The van der Waals surface area contributed by atoms with Gasteiger partial charge in [0.05, 0.1) is 19.3 Å². The van der Waals surface area contributed by atoms with E-state index in [2.05, 4.69) is 72.6 Å². The number of aliphatic imine (C=N–C) groups is 1. The SMILES string of the molecule is CCNC(=NCc1cccc(OC)n1)NC1CCN(c2ccc(Br)cc2)C1.I. The van der Waals surface area contributed by atoms with Gasteiger partial charge in [-0.1, -0.05) is 22.0 Å². The Kier molecular flexibility index (Phi) is 9.30. The van der Waals surface area contributed by atoms with Crippen LogP contribution in [0, 0.1) is 0 Å². The highest BCUT2D eigenvalue weighted by molar-refractivity contribution is 14.0. The van der Waals surface area contributed by atoms with Crippen LogP contribution in [-0.4, -0.2) is 43.7 Å². The molecule has 1 atom stereocenters. The summed E-state index contributed by atoms with van der Waals surface area (Å²) in [6, 6.07) is 14.6. The molecule has 1 unspecified atom stereocenters. The lowest BCUT2D eigenvalue weighted by atomic mass is 10.2. The first-order valence-electron chi connectivity index (χ1n) is 9.23. The minimum absolute atomic E-state index is 0. The zero-order valence-electron chi connectivity index (χ0n) is 16.2. The van der Waals surface area contributed by atoms with E-state index in [1.807, 2.05) is 18.2 Å². The highest BCUT2D eigenvalue weighted by atomic mass is 127. The van der Waals surface area contributed by atoms with Gasteiger partial charge in [0.25, 0.3) is 0 Å². The number of anilines is 1. The van der Waals surface area contributed by atoms with Crippen molar-refractivity contribution < 1.29 is 4.74 Å². The minimum Gasteiger partial charge on any atom is -0.481 e. The van der Waals surface area contributed by atoms with E-state index in [9.17, 15) is 0 Å². The van der Waals surface area contributed by atoms with Gasteiger partial charge < -0.3 is 20.3 Å². The largest absolute Gasteiger partial charge is 0.481 e. The number of halogens is 2. The standard InChI is InChI=1S/C20H26BrN5O.HI/c1-3-22-20(23-13-16-5-4-6-19(24-16)27-2)25-17-11-12-26(14-17)18-9-7-15(21)8-10-18;/h4-10,17H,3,11-14H2,1-2H3,(H2,22,23,25);1H. The normalized spacial score (nSPS) is 16.5. The zero-order valence-corrected chi connectivity index (χ0v) is 20.1. The van der Waals surface area contributed by atoms with Gasteiger partial charge in [0.2, 0.25) is 5.88 Å². The van der Waals surface area contributed by atoms with Crippen LogP contribution in [0.1, 0.15) is 19.0 Å². The fourth-order valence-corrected chi connectivity index (χ4v) is 3.36. The highest BCUT2D eigenvalue weighted by Gasteiger charge is 2.23. The second kappa shape index (κ2) is 11.5. The molecule has 1 aromatic carbocycles.